The van der Waals surface area contributed by atoms with Crippen molar-refractivity contribution in [1.82, 2.24) is 8.47 Å². The molecule has 0 saturated carbocycles. The van der Waals surface area contributed by atoms with Crippen LogP contribution in [0.2, 0.25) is 6.55 Å². The average Bonchev–Trinajstić information content (AvgIpc) is 3.25. The number of para-hydroxylation sites is 2. The normalized spacial score (nSPS) is 12.9. The van der Waals surface area contributed by atoms with Gasteiger partial charge in [0.2, 0.25) is 0 Å². The third-order valence-corrected chi connectivity index (χ3v) is 16.7. The van der Waals surface area contributed by atoms with Crippen molar-refractivity contribution in [3.05, 3.63) is 59.7 Å². The highest BCUT2D eigenvalue weighted by Crippen LogP contribution is 2.49. The lowest BCUT2D eigenvalue weighted by Crippen LogP contribution is -2.43. The summed E-state index contributed by atoms with van der Waals surface area (Å²) in [7, 11) is -1.75. The van der Waals surface area contributed by atoms with Crippen LogP contribution in [0.4, 0.5) is 0 Å². The highest BCUT2D eigenvalue weighted by Gasteiger charge is 2.34. The van der Waals surface area contributed by atoms with Gasteiger partial charge in [-0.05, 0) is 66.3 Å². The van der Waals surface area contributed by atoms with Crippen LogP contribution in [0.3, 0.4) is 0 Å². The summed E-state index contributed by atoms with van der Waals surface area (Å²) in [6.07, 6.45) is 0. The molecule has 5 heteroatoms. The van der Waals surface area contributed by atoms with E-state index in [4.69, 9.17) is 0 Å². The van der Waals surface area contributed by atoms with Crippen LogP contribution in [0, 0.1) is 13.8 Å². The smallest absolute Gasteiger partial charge is 0.304 e. The van der Waals surface area contributed by atoms with Crippen molar-refractivity contribution >= 4 is 57.6 Å². The molecule has 0 bridgehead atoms. The number of aromatic nitrogens is 2. The Morgan fingerprint density at radius 2 is 0.861 bits per heavy atom. The van der Waals surface area contributed by atoms with Crippen molar-refractivity contribution in [3.63, 3.8) is 0 Å². The predicted molar refractivity (Wildman–Crippen MR) is 169 cm³/mol. The number of rotatable bonds is 8. The van der Waals surface area contributed by atoms with E-state index in [0.717, 1.165) is 0 Å². The van der Waals surface area contributed by atoms with Crippen LogP contribution in [0.15, 0.2) is 48.5 Å². The monoisotopic (exact) mass is 535 g/mol. The lowest BCUT2D eigenvalue weighted by Gasteiger charge is -2.33. The molecule has 2 nitrogen and oxygen atoms in total. The highest BCUT2D eigenvalue weighted by molar-refractivity contribution is 7.67. The average molecular weight is 536 g/mol. The third kappa shape index (κ3) is 4.55. The number of hydrogen-bond acceptors (Lipinski definition) is 0. The Balaban J connectivity index is 2.12. The molecule has 0 aliphatic carbocycles. The van der Waals surface area contributed by atoms with Gasteiger partial charge in [-0.3, -0.25) is 0 Å². The van der Waals surface area contributed by atoms with Crippen LogP contribution in [0.5, 0.6) is 0 Å². The molecular formula is C31H45N2P2Si. The zero-order valence-electron chi connectivity index (χ0n) is 24.2. The zero-order valence-corrected chi connectivity index (χ0v) is 27.0. The van der Waals surface area contributed by atoms with E-state index >= 15 is 0 Å². The second kappa shape index (κ2) is 10.8. The summed E-state index contributed by atoms with van der Waals surface area (Å²) in [6.45, 7) is 26.8. The Labute approximate surface area is 223 Å². The summed E-state index contributed by atoms with van der Waals surface area (Å²) < 4.78 is 5.68. The summed E-state index contributed by atoms with van der Waals surface area (Å²) in [5.74, 6) is 0. The molecule has 36 heavy (non-hydrogen) atoms. The molecule has 0 aliphatic rings. The van der Waals surface area contributed by atoms with Crippen LogP contribution in [-0.4, -0.2) is 40.2 Å². The number of fused-ring (bicyclic) bond motifs is 2. The lowest BCUT2D eigenvalue weighted by atomic mass is 10.2. The number of hydrogen-bond donors (Lipinski definition) is 0. The predicted octanol–water partition coefficient (Wildman–Crippen LogP) is 8.58. The van der Waals surface area contributed by atoms with Crippen molar-refractivity contribution < 1.29 is 0 Å². The molecule has 2 heterocycles. The van der Waals surface area contributed by atoms with E-state index in [1.165, 1.54) is 32.9 Å². The standard InChI is InChI=1S/C31H45N2P2Si/c1-20(2)34(21(3)4)30-24(9)26-16-12-14-18-28(26)32(30)36(11)33-29-19-15-13-17-27(29)25(10)31(33)35(22(5)6)23(7)8/h12-23H,1-11H3. The number of nitrogens with zero attached hydrogens (tertiary/aromatic N) is 2. The Morgan fingerprint density at radius 1 is 0.556 bits per heavy atom. The van der Waals surface area contributed by atoms with Gasteiger partial charge in [0.05, 0.1) is 0 Å². The van der Waals surface area contributed by atoms with Gasteiger partial charge in [0, 0.05) is 32.7 Å². The van der Waals surface area contributed by atoms with Gasteiger partial charge < -0.3 is 8.47 Å². The van der Waals surface area contributed by atoms with Gasteiger partial charge in [-0.25, -0.2) is 0 Å². The molecule has 1 radical (unpaired) electrons. The molecule has 0 fully saturated rings. The van der Waals surface area contributed by atoms with Gasteiger partial charge in [-0.2, -0.15) is 0 Å². The molecule has 4 aromatic rings. The van der Waals surface area contributed by atoms with E-state index in [1.807, 2.05) is 0 Å². The first-order chi connectivity index (χ1) is 17.0. The van der Waals surface area contributed by atoms with Crippen molar-refractivity contribution in [2.45, 2.75) is 98.4 Å². The van der Waals surface area contributed by atoms with E-state index in [0.29, 0.717) is 22.6 Å². The molecular weight excluding hydrogens is 490 g/mol. The molecule has 0 atom stereocenters. The molecule has 0 unspecified atom stereocenters. The maximum atomic E-state index is 2.84. The van der Waals surface area contributed by atoms with Gasteiger partial charge in [-0.1, -0.05) is 108 Å². The van der Waals surface area contributed by atoms with Crippen LogP contribution in [0.25, 0.3) is 21.8 Å². The van der Waals surface area contributed by atoms with Crippen molar-refractivity contribution in [3.8, 4) is 0 Å². The topological polar surface area (TPSA) is 9.86 Å². The first kappa shape index (κ1) is 27.6. The summed E-state index contributed by atoms with van der Waals surface area (Å²) >= 11 is 0. The van der Waals surface area contributed by atoms with Crippen LogP contribution >= 0.6 is 15.8 Å². The van der Waals surface area contributed by atoms with Crippen LogP contribution in [0.1, 0.15) is 66.5 Å². The highest BCUT2D eigenvalue weighted by atomic mass is 31.1. The fourth-order valence-corrected chi connectivity index (χ4v) is 16.2. The first-order valence-electron chi connectivity index (χ1n) is 13.6. The first-order valence-corrected chi connectivity index (χ1v) is 18.4. The molecule has 2 aromatic heterocycles. The Hall–Kier alpha value is -1.40. The Kier molecular flexibility index (Phi) is 8.26. The minimum atomic E-state index is -1.17. The summed E-state index contributed by atoms with van der Waals surface area (Å²) in [6, 6.07) is 18.4. The molecule has 0 aliphatic heterocycles. The molecule has 2 aromatic carbocycles. The second-order valence-corrected chi connectivity index (χ2v) is 19.9. The fraction of sp³-hybridized carbons (Fsp3) is 0.484. The summed E-state index contributed by atoms with van der Waals surface area (Å²) in [5, 5.41) is 2.88. The molecule has 4 rings (SSSR count). The van der Waals surface area contributed by atoms with Crippen molar-refractivity contribution in [1.29, 1.82) is 0 Å². The van der Waals surface area contributed by atoms with Gasteiger partial charge in [0.15, 0.2) is 0 Å². The zero-order chi connectivity index (χ0) is 26.5. The largest absolute Gasteiger partial charge is 0.349 e. The van der Waals surface area contributed by atoms with Crippen LogP contribution in [-0.2, 0) is 0 Å². The summed E-state index contributed by atoms with van der Waals surface area (Å²) in [4.78, 5) is 0. The summed E-state index contributed by atoms with van der Waals surface area (Å²) in [5.41, 5.74) is 11.8. The Bertz CT molecular complexity index is 1240. The fourth-order valence-electron chi connectivity index (χ4n) is 6.32. The molecule has 0 spiro atoms. The molecule has 0 N–H and O–H groups in total. The minimum absolute atomic E-state index is 0.291. The molecule has 0 saturated heterocycles. The molecule has 0 amide bonds. The van der Waals surface area contributed by atoms with Crippen molar-refractivity contribution in [2.24, 2.45) is 0 Å². The SMILES string of the molecule is Cc1c(P(C(C)C)C(C)C)n([Si](C)n2c(P(C(C)C)C(C)C)c(C)c3ccccc32)c2ccccc12. The van der Waals surface area contributed by atoms with Crippen molar-refractivity contribution in [2.75, 3.05) is 0 Å². The Morgan fingerprint density at radius 3 is 1.17 bits per heavy atom. The second-order valence-electron chi connectivity index (χ2n) is 11.3. The number of aryl methyl sites for hydroxylation is 2. The van der Waals surface area contributed by atoms with E-state index in [9.17, 15) is 0 Å². The van der Waals surface area contributed by atoms with E-state index in [-0.39, 0.29) is 15.8 Å². The minimum Gasteiger partial charge on any atom is -0.349 e. The number of benzene rings is 2. The quantitative estimate of drug-likeness (QED) is 0.158. The van der Waals surface area contributed by atoms with E-state index in [1.54, 1.807) is 10.9 Å². The van der Waals surface area contributed by atoms with Gasteiger partial charge in [0.1, 0.15) is 0 Å². The van der Waals surface area contributed by atoms with E-state index < -0.39 is 9.12 Å². The maximum Gasteiger partial charge on any atom is 0.304 e. The maximum absolute atomic E-state index is 2.84. The van der Waals surface area contributed by atoms with Crippen LogP contribution < -0.4 is 10.9 Å². The van der Waals surface area contributed by atoms with E-state index in [2.05, 4.69) is 133 Å². The molecule has 193 valence electrons. The third-order valence-electron chi connectivity index (χ3n) is 7.55. The lowest BCUT2D eigenvalue weighted by molar-refractivity contribution is 1.01. The van der Waals surface area contributed by atoms with Gasteiger partial charge in [0.25, 0.3) is 0 Å². The van der Waals surface area contributed by atoms with Gasteiger partial charge in [-0.15, -0.1) is 0 Å². The van der Waals surface area contributed by atoms with Gasteiger partial charge >= 0.3 is 9.12 Å².